The van der Waals surface area contributed by atoms with Crippen molar-refractivity contribution in [2.24, 2.45) is 5.92 Å². The average Bonchev–Trinajstić information content (AvgIpc) is 2.85. The third kappa shape index (κ3) is 4.09. The standard InChI is InChI=1S/C18H21N2O.Re.Rf/c1-20-15(13-14-7-2-3-10-17(14)20)8-6-11-18(21)16-9-4-5-12-19-16;;/h4-6,8-9,11-14,17H,2-3,7,10H2,1H3;;/q-1;;/b11-6+,15-8-;;. The van der Waals surface area contributed by atoms with Crippen LogP contribution in [-0.2, 0) is 20.4 Å². The van der Waals surface area contributed by atoms with E-state index in [0.29, 0.717) is 17.7 Å². The van der Waals surface area contributed by atoms with E-state index in [2.05, 4.69) is 23.4 Å². The first-order valence-electron chi connectivity index (χ1n) is 7.67. The summed E-state index contributed by atoms with van der Waals surface area (Å²) in [5.41, 5.74) is 1.72. The number of hydrogen-bond acceptors (Lipinski definition) is 3. The van der Waals surface area contributed by atoms with Crippen molar-refractivity contribution < 1.29 is 25.2 Å². The number of carbonyl (C=O) groups excluding carboxylic acids is 1. The molecule has 1 saturated carbocycles. The van der Waals surface area contributed by atoms with Gasteiger partial charge in [0.15, 0.2) is 0 Å². The van der Waals surface area contributed by atoms with Crippen molar-refractivity contribution in [3.63, 3.8) is 0 Å². The zero-order valence-corrected chi connectivity index (χ0v) is 22.6. The van der Waals surface area contributed by atoms with Gasteiger partial charge in [-0.15, -0.1) is 11.8 Å². The molecule has 1 aliphatic heterocycles. The minimum absolute atomic E-state index is 0. The van der Waals surface area contributed by atoms with Gasteiger partial charge < -0.3 is 4.90 Å². The first-order chi connectivity index (χ1) is 10.3. The van der Waals surface area contributed by atoms with Gasteiger partial charge in [0, 0.05) is 39.7 Å². The first kappa shape index (κ1) is 18.7. The molecule has 119 valence electrons. The van der Waals surface area contributed by atoms with E-state index in [0.717, 1.165) is 0 Å². The van der Waals surface area contributed by atoms with E-state index in [4.69, 9.17) is 0 Å². The number of ketones is 1. The molecule has 5 heteroatoms. The second-order valence-electron chi connectivity index (χ2n) is 5.82. The summed E-state index contributed by atoms with van der Waals surface area (Å²) < 4.78 is 0. The molecular formula is C18H21N2OReRf-. The van der Waals surface area contributed by atoms with Crippen LogP contribution in [0.25, 0.3) is 0 Å². The Labute approximate surface area is 146 Å². The summed E-state index contributed by atoms with van der Waals surface area (Å²) in [4.78, 5) is 18.4. The van der Waals surface area contributed by atoms with Crippen LogP contribution in [0.15, 0.2) is 48.3 Å². The number of hydrogen-bond donors (Lipinski definition) is 0. The molecule has 1 radical (unpaired) electrons. The van der Waals surface area contributed by atoms with Crippen molar-refractivity contribution in [2.45, 2.75) is 31.7 Å². The molecule has 2 heterocycles. The predicted molar refractivity (Wildman–Crippen MR) is 83.6 cm³/mol. The Morgan fingerprint density at radius 3 is 2.83 bits per heavy atom. The third-order valence-corrected chi connectivity index (χ3v) is 4.50. The van der Waals surface area contributed by atoms with Crippen LogP contribution in [0.3, 0.4) is 0 Å². The Hall–Kier alpha value is -2.37. The van der Waals surface area contributed by atoms with Crippen molar-refractivity contribution in [1.82, 2.24) is 9.88 Å². The summed E-state index contributed by atoms with van der Waals surface area (Å²) in [6.45, 7) is 0. The fraction of sp³-hybridized carbons (Fsp3) is 0.389. The average molecular weight is 735 g/mol. The van der Waals surface area contributed by atoms with Crippen LogP contribution in [0.4, 0.5) is 0 Å². The summed E-state index contributed by atoms with van der Waals surface area (Å²) in [6.07, 6.45) is 14.7. The normalized spacial score (nSPS) is 24.6. The number of rotatable bonds is 3. The van der Waals surface area contributed by atoms with Gasteiger partial charge in [-0.25, -0.2) is 6.42 Å². The van der Waals surface area contributed by atoms with E-state index in [1.165, 1.54) is 31.4 Å². The van der Waals surface area contributed by atoms with Gasteiger partial charge in [-0.05, 0) is 24.6 Å². The van der Waals surface area contributed by atoms with Gasteiger partial charge >= 0.3 is 0 Å². The van der Waals surface area contributed by atoms with E-state index in [1.807, 2.05) is 24.3 Å². The monoisotopic (exact) mass is 735 g/mol. The summed E-state index contributed by atoms with van der Waals surface area (Å²) in [6, 6.07) is 6.04. The topological polar surface area (TPSA) is 33.2 Å². The van der Waals surface area contributed by atoms with E-state index >= 15 is 0 Å². The number of likely N-dealkylation sites (tertiary alicyclic amines) is 1. The number of aromatic nitrogens is 1. The Morgan fingerprint density at radius 1 is 1.35 bits per heavy atom. The van der Waals surface area contributed by atoms with Crippen LogP contribution >= 0.6 is 0 Å². The quantitative estimate of drug-likeness (QED) is 0.272. The molecule has 2 aliphatic rings. The van der Waals surface area contributed by atoms with E-state index in [-0.39, 0.29) is 26.2 Å². The van der Waals surface area contributed by atoms with Crippen molar-refractivity contribution in [2.75, 3.05) is 7.05 Å². The fourth-order valence-electron chi connectivity index (χ4n) is 3.34. The summed E-state index contributed by atoms with van der Waals surface area (Å²) in [5, 5.41) is 0. The summed E-state index contributed by atoms with van der Waals surface area (Å²) >= 11 is 0. The SMILES string of the molecule is CN1/C(=C\C=C\C(=O)c2ccccn2)[CH-]C2CCCCC21.[Re].[Rf]. The fourth-order valence-corrected chi connectivity index (χ4v) is 3.34. The molecule has 0 bridgehead atoms. The number of nitrogens with zero attached hydrogens (tertiary/aromatic N) is 2. The van der Waals surface area contributed by atoms with Crippen LogP contribution in [-0.4, -0.2) is 28.8 Å². The number of allylic oxidation sites excluding steroid dienone is 4. The molecule has 3 nitrogen and oxygen atoms in total. The van der Waals surface area contributed by atoms with Gasteiger partial charge in [0.2, 0.25) is 5.78 Å². The molecule has 1 aliphatic carbocycles. The first-order valence-corrected chi connectivity index (χ1v) is 7.67. The Balaban J connectivity index is 0.00000132. The van der Waals surface area contributed by atoms with Crippen LogP contribution in [0.2, 0.25) is 0 Å². The maximum Gasteiger partial charge on any atom is 0.202 e. The maximum absolute atomic E-state index is 11.9. The summed E-state index contributed by atoms with van der Waals surface area (Å²) in [7, 11) is 2.16. The van der Waals surface area contributed by atoms with Crippen LogP contribution < -0.4 is 0 Å². The van der Waals surface area contributed by atoms with Crippen molar-refractivity contribution in [3.05, 3.63) is 60.4 Å². The molecule has 3 rings (SSSR count). The van der Waals surface area contributed by atoms with Gasteiger partial charge in [0.05, 0.1) is 0 Å². The molecule has 0 spiro atoms. The molecule has 1 aromatic heterocycles. The van der Waals surface area contributed by atoms with E-state index < -0.39 is 0 Å². The Morgan fingerprint density at radius 2 is 2.13 bits per heavy atom. The number of carbonyl (C=O) groups is 1. The van der Waals surface area contributed by atoms with Crippen LogP contribution in [0.5, 0.6) is 0 Å². The zero-order chi connectivity index (χ0) is 14.7. The molecule has 1 aromatic rings. The molecule has 0 amide bonds. The molecular weight excluding hydrogens is 713 g/mol. The Kier molecular flexibility index (Phi) is 6.75. The molecule has 2 atom stereocenters. The largest absolute Gasteiger partial charge is 0.405 e. The van der Waals surface area contributed by atoms with E-state index in [1.54, 1.807) is 18.3 Å². The molecule has 23 heavy (non-hydrogen) atoms. The van der Waals surface area contributed by atoms with Crippen molar-refractivity contribution >= 4 is 5.78 Å². The van der Waals surface area contributed by atoms with Crippen LogP contribution in [0.1, 0.15) is 36.2 Å². The van der Waals surface area contributed by atoms with Crippen molar-refractivity contribution in [1.29, 1.82) is 0 Å². The van der Waals surface area contributed by atoms with Gasteiger partial charge in [-0.3, -0.25) is 9.78 Å². The van der Waals surface area contributed by atoms with Crippen LogP contribution in [0, 0.1) is 12.3 Å². The third-order valence-electron chi connectivity index (χ3n) is 4.50. The second-order valence-corrected chi connectivity index (χ2v) is 5.82. The van der Waals surface area contributed by atoms with Gasteiger partial charge in [-0.1, -0.05) is 31.2 Å². The molecule has 2 fully saturated rings. The van der Waals surface area contributed by atoms with E-state index in [9.17, 15) is 4.79 Å². The van der Waals surface area contributed by atoms with Gasteiger partial charge in [0.1, 0.15) is 5.69 Å². The predicted octanol–water partition coefficient (Wildman–Crippen LogP) is 3.41. The second kappa shape index (κ2) is 8.31. The minimum atomic E-state index is -0.0504. The van der Waals surface area contributed by atoms with Gasteiger partial charge in [-0.2, -0.15) is 6.08 Å². The molecule has 0 aromatic carbocycles. The zero-order valence-electron chi connectivity index (χ0n) is 13.5. The number of pyridine rings is 1. The Bertz CT molecular complexity index is 574. The molecule has 0 N–H and O–H groups in total. The summed E-state index contributed by atoms with van der Waals surface area (Å²) in [5.74, 6) is 0.639. The van der Waals surface area contributed by atoms with Crippen molar-refractivity contribution in [3.8, 4) is 0 Å². The minimum Gasteiger partial charge on any atom is -0.405 e. The number of fused-ring (bicyclic) bond motifs is 1. The van der Waals surface area contributed by atoms with Gasteiger partial charge in [0.25, 0.3) is 0 Å². The molecule has 1 saturated heterocycles. The smallest absolute Gasteiger partial charge is 0.202 e. The molecule has 2 unspecified atom stereocenters. The maximum atomic E-state index is 11.9.